The highest BCUT2D eigenvalue weighted by atomic mass is 32.1. The van der Waals surface area contributed by atoms with Gasteiger partial charge in [-0.15, -0.1) is 11.3 Å². The minimum absolute atomic E-state index is 0.0284. The monoisotopic (exact) mass is 312 g/mol. The van der Waals surface area contributed by atoms with Crippen LogP contribution in [0.2, 0.25) is 0 Å². The lowest BCUT2D eigenvalue weighted by atomic mass is 10.2. The van der Waals surface area contributed by atoms with E-state index in [9.17, 15) is 4.79 Å². The summed E-state index contributed by atoms with van der Waals surface area (Å²) in [5.41, 5.74) is 2.34. The first-order valence-corrected chi connectivity index (χ1v) is 7.32. The van der Waals surface area contributed by atoms with Crippen LogP contribution in [0.25, 0.3) is 22.7 Å². The fourth-order valence-corrected chi connectivity index (χ4v) is 2.72. The van der Waals surface area contributed by atoms with Gasteiger partial charge in [0.15, 0.2) is 5.69 Å². The Hall–Kier alpha value is -2.80. The van der Waals surface area contributed by atoms with E-state index in [4.69, 9.17) is 5.11 Å². The van der Waals surface area contributed by atoms with Gasteiger partial charge in [-0.3, -0.25) is 4.68 Å². The van der Waals surface area contributed by atoms with Crippen molar-refractivity contribution in [3.05, 3.63) is 53.1 Å². The van der Waals surface area contributed by atoms with Gasteiger partial charge in [-0.2, -0.15) is 5.10 Å². The molecule has 0 unspecified atom stereocenters. The number of aromatic nitrogens is 4. The molecule has 0 spiro atoms. The van der Waals surface area contributed by atoms with Crippen LogP contribution in [-0.2, 0) is 7.05 Å². The molecule has 3 aromatic rings. The maximum atomic E-state index is 10.9. The molecule has 0 aliphatic carbocycles. The number of carbonyl (C=O) groups is 1. The number of hydrogen-bond acceptors (Lipinski definition) is 5. The van der Waals surface area contributed by atoms with Gasteiger partial charge in [0.05, 0.1) is 10.6 Å². The third kappa shape index (κ3) is 2.94. The number of nitrogens with zero attached hydrogens (tertiary/aromatic N) is 4. The third-order valence-corrected chi connectivity index (χ3v) is 3.83. The van der Waals surface area contributed by atoms with Crippen molar-refractivity contribution in [2.45, 2.75) is 0 Å². The Balaban J connectivity index is 1.93. The fourth-order valence-electron chi connectivity index (χ4n) is 1.99. The molecule has 0 amide bonds. The number of rotatable bonds is 4. The molecular weight excluding hydrogens is 300 g/mol. The molecule has 3 heterocycles. The lowest BCUT2D eigenvalue weighted by Crippen LogP contribution is -2.00. The summed E-state index contributed by atoms with van der Waals surface area (Å²) in [6.45, 7) is 0. The molecule has 0 saturated heterocycles. The number of hydrogen-bond donors (Lipinski definition) is 1. The van der Waals surface area contributed by atoms with Gasteiger partial charge >= 0.3 is 5.97 Å². The normalized spacial score (nSPS) is 11.1. The second-order valence-electron chi connectivity index (χ2n) is 4.55. The zero-order valence-corrected chi connectivity index (χ0v) is 12.5. The van der Waals surface area contributed by atoms with Crippen LogP contribution in [0.1, 0.15) is 21.7 Å². The standard InChI is InChI=1S/C15H12N4O2S/c1-19-8-10(14(18-19)13-3-2-6-22-13)4-5-11-7-12(15(20)21)17-9-16-11/h2-9H,1H3,(H,20,21). The van der Waals surface area contributed by atoms with Crippen LogP contribution in [0.15, 0.2) is 36.1 Å². The van der Waals surface area contributed by atoms with Gasteiger partial charge in [0.1, 0.15) is 12.0 Å². The molecule has 0 aliphatic heterocycles. The SMILES string of the molecule is Cn1cc(C=Cc2cc(C(=O)O)ncn2)c(-c2cccs2)n1. The lowest BCUT2D eigenvalue weighted by Gasteiger charge is -1.96. The van der Waals surface area contributed by atoms with Crippen molar-refractivity contribution >= 4 is 29.5 Å². The van der Waals surface area contributed by atoms with Gasteiger partial charge in [0.25, 0.3) is 0 Å². The molecule has 0 bridgehead atoms. The van der Waals surface area contributed by atoms with Crippen LogP contribution in [0.5, 0.6) is 0 Å². The fraction of sp³-hybridized carbons (Fsp3) is 0.0667. The summed E-state index contributed by atoms with van der Waals surface area (Å²) >= 11 is 1.62. The molecule has 110 valence electrons. The topological polar surface area (TPSA) is 80.9 Å². The molecule has 7 heteroatoms. The largest absolute Gasteiger partial charge is 0.477 e. The number of carboxylic acid groups (broad SMARTS) is 1. The Morgan fingerprint density at radius 3 is 2.95 bits per heavy atom. The van der Waals surface area contributed by atoms with Crippen molar-refractivity contribution in [3.63, 3.8) is 0 Å². The van der Waals surface area contributed by atoms with E-state index < -0.39 is 5.97 Å². The van der Waals surface area contributed by atoms with E-state index in [0.29, 0.717) is 5.69 Å². The zero-order valence-electron chi connectivity index (χ0n) is 11.7. The summed E-state index contributed by atoms with van der Waals surface area (Å²) in [5.74, 6) is -1.07. The predicted molar refractivity (Wildman–Crippen MR) is 84.4 cm³/mol. The maximum Gasteiger partial charge on any atom is 0.354 e. The minimum Gasteiger partial charge on any atom is -0.477 e. The van der Waals surface area contributed by atoms with Gasteiger partial charge < -0.3 is 5.11 Å². The van der Waals surface area contributed by atoms with Gasteiger partial charge in [-0.05, 0) is 29.7 Å². The van der Waals surface area contributed by atoms with Crippen molar-refractivity contribution in [1.29, 1.82) is 0 Å². The first-order chi connectivity index (χ1) is 10.6. The number of aryl methyl sites for hydroxylation is 1. The highest BCUT2D eigenvalue weighted by molar-refractivity contribution is 7.13. The van der Waals surface area contributed by atoms with Crippen LogP contribution < -0.4 is 0 Å². The number of thiophene rings is 1. The van der Waals surface area contributed by atoms with Gasteiger partial charge in [0.2, 0.25) is 0 Å². The van der Waals surface area contributed by atoms with Gasteiger partial charge in [-0.1, -0.05) is 6.07 Å². The van der Waals surface area contributed by atoms with Crippen LogP contribution in [0.4, 0.5) is 0 Å². The lowest BCUT2D eigenvalue weighted by molar-refractivity contribution is 0.0690. The Kier molecular flexibility index (Phi) is 3.80. The first kappa shape index (κ1) is 14.2. The summed E-state index contributed by atoms with van der Waals surface area (Å²) in [5, 5.41) is 15.4. The predicted octanol–water partition coefficient (Wildman–Crippen LogP) is 2.81. The summed E-state index contributed by atoms with van der Waals surface area (Å²) < 4.78 is 1.75. The molecule has 3 aromatic heterocycles. The number of carboxylic acids is 1. The van der Waals surface area contributed by atoms with Crippen LogP contribution in [0.3, 0.4) is 0 Å². The molecule has 6 nitrogen and oxygen atoms in total. The van der Waals surface area contributed by atoms with Crippen LogP contribution in [-0.4, -0.2) is 30.8 Å². The number of aromatic carboxylic acids is 1. The van der Waals surface area contributed by atoms with Crippen molar-refractivity contribution < 1.29 is 9.90 Å². The summed E-state index contributed by atoms with van der Waals surface area (Å²) in [6.07, 6.45) is 6.77. The minimum atomic E-state index is -1.07. The molecule has 0 aliphatic rings. The van der Waals surface area contributed by atoms with E-state index in [-0.39, 0.29) is 5.69 Å². The highest BCUT2D eigenvalue weighted by Crippen LogP contribution is 2.27. The van der Waals surface area contributed by atoms with E-state index in [1.807, 2.05) is 36.8 Å². The summed E-state index contributed by atoms with van der Waals surface area (Å²) in [4.78, 5) is 19.7. The molecule has 1 N–H and O–H groups in total. The smallest absolute Gasteiger partial charge is 0.354 e. The average molecular weight is 312 g/mol. The molecule has 0 radical (unpaired) electrons. The second-order valence-corrected chi connectivity index (χ2v) is 5.50. The quantitative estimate of drug-likeness (QED) is 0.801. The molecule has 0 saturated carbocycles. The molecule has 0 fully saturated rings. The van der Waals surface area contributed by atoms with Crippen molar-refractivity contribution in [3.8, 4) is 10.6 Å². The van der Waals surface area contributed by atoms with E-state index in [1.54, 1.807) is 22.1 Å². The van der Waals surface area contributed by atoms with Gasteiger partial charge in [0, 0.05) is 18.8 Å². The van der Waals surface area contributed by atoms with E-state index in [1.165, 1.54) is 12.4 Å². The summed E-state index contributed by atoms with van der Waals surface area (Å²) in [6, 6.07) is 5.42. The third-order valence-electron chi connectivity index (χ3n) is 2.95. The Morgan fingerprint density at radius 2 is 2.23 bits per heavy atom. The van der Waals surface area contributed by atoms with Crippen molar-refractivity contribution in [1.82, 2.24) is 19.7 Å². The Labute approximate surface area is 130 Å². The molecular formula is C15H12N4O2S. The van der Waals surface area contributed by atoms with Crippen LogP contribution in [0, 0.1) is 0 Å². The van der Waals surface area contributed by atoms with E-state index >= 15 is 0 Å². The highest BCUT2D eigenvalue weighted by Gasteiger charge is 2.09. The summed E-state index contributed by atoms with van der Waals surface area (Å²) in [7, 11) is 1.86. The van der Waals surface area contributed by atoms with Gasteiger partial charge in [-0.25, -0.2) is 14.8 Å². The maximum absolute atomic E-state index is 10.9. The van der Waals surface area contributed by atoms with Crippen molar-refractivity contribution in [2.75, 3.05) is 0 Å². The first-order valence-electron chi connectivity index (χ1n) is 6.44. The van der Waals surface area contributed by atoms with Crippen molar-refractivity contribution in [2.24, 2.45) is 7.05 Å². The molecule has 22 heavy (non-hydrogen) atoms. The average Bonchev–Trinajstić information content (AvgIpc) is 3.14. The van der Waals surface area contributed by atoms with E-state index in [2.05, 4.69) is 15.1 Å². The Bertz CT molecular complexity index is 837. The molecule has 0 atom stereocenters. The zero-order chi connectivity index (χ0) is 15.5. The van der Waals surface area contributed by atoms with Crippen LogP contribution >= 0.6 is 11.3 Å². The Morgan fingerprint density at radius 1 is 1.36 bits per heavy atom. The molecule has 3 rings (SSSR count). The molecule has 0 aromatic carbocycles. The van der Waals surface area contributed by atoms with E-state index in [0.717, 1.165) is 16.1 Å². The second kappa shape index (κ2) is 5.90.